The highest BCUT2D eigenvalue weighted by molar-refractivity contribution is 9.09. The van der Waals surface area contributed by atoms with Crippen molar-refractivity contribution < 1.29 is 4.74 Å². The molecule has 0 amide bonds. The summed E-state index contributed by atoms with van der Waals surface area (Å²) in [5, 5.41) is 0. The van der Waals surface area contributed by atoms with E-state index in [-0.39, 0.29) is 0 Å². The topological polar surface area (TPSA) is 9.23 Å². The first-order valence-corrected chi connectivity index (χ1v) is 8.10. The largest absolute Gasteiger partial charge is 0.494 e. The van der Waals surface area contributed by atoms with Crippen molar-refractivity contribution >= 4 is 15.9 Å². The Hall–Kier alpha value is -0.500. The molecule has 2 heteroatoms. The third kappa shape index (κ3) is 4.64. The van der Waals surface area contributed by atoms with Gasteiger partial charge in [-0.3, -0.25) is 0 Å². The van der Waals surface area contributed by atoms with Crippen LogP contribution in [-0.4, -0.2) is 11.4 Å². The quantitative estimate of drug-likeness (QED) is 0.413. The second-order valence-corrected chi connectivity index (χ2v) is 6.39. The summed E-state index contributed by atoms with van der Waals surface area (Å²) in [4.78, 5) is 0.733. The minimum absolute atomic E-state index is 0.733. The molecule has 0 N–H and O–H groups in total. The smallest absolute Gasteiger partial charge is 0.119 e. The van der Waals surface area contributed by atoms with E-state index in [1.165, 1.54) is 44.9 Å². The Morgan fingerprint density at radius 2 is 1.83 bits per heavy atom. The summed E-state index contributed by atoms with van der Waals surface area (Å²) in [6.07, 6.45) is 9.42. The summed E-state index contributed by atoms with van der Waals surface area (Å²) in [5.74, 6) is 1.85. The molecule has 0 aliphatic heterocycles. The van der Waals surface area contributed by atoms with Crippen LogP contribution >= 0.6 is 15.9 Å². The molecule has 1 aliphatic rings. The van der Waals surface area contributed by atoms with Crippen molar-refractivity contribution in [3.05, 3.63) is 30.3 Å². The molecule has 2 atom stereocenters. The molecule has 0 bridgehead atoms. The van der Waals surface area contributed by atoms with E-state index in [0.29, 0.717) is 0 Å². The minimum atomic E-state index is 0.733. The SMILES string of the molecule is BrC1CCCCCC1CCCOc1ccccc1. The molecule has 2 rings (SSSR count). The molecule has 1 fully saturated rings. The van der Waals surface area contributed by atoms with Gasteiger partial charge in [0.15, 0.2) is 0 Å². The number of alkyl halides is 1. The third-order valence-corrected chi connectivity index (χ3v) is 5.00. The van der Waals surface area contributed by atoms with E-state index in [2.05, 4.69) is 15.9 Å². The van der Waals surface area contributed by atoms with Gasteiger partial charge in [0.1, 0.15) is 5.75 Å². The van der Waals surface area contributed by atoms with Crippen LogP contribution in [0.5, 0.6) is 5.75 Å². The molecule has 1 aromatic carbocycles. The molecule has 100 valence electrons. The van der Waals surface area contributed by atoms with E-state index in [1.54, 1.807) is 0 Å². The average Bonchev–Trinajstić information content (AvgIpc) is 2.61. The first-order chi connectivity index (χ1) is 8.86. The fourth-order valence-electron chi connectivity index (χ4n) is 2.72. The maximum absolute atomic E-state index is 5.75. The highest BCUT2D eigenvalue weighted by Gasteiger charge is 2.20. The molecule has 1 aromatic rings. The van der Waals surface area contributed by atoms with Crippen molar-refractivity contribution in [3.63, 3.8) is 0 Å². The van der Waals surface area contributed by atoms with Gasteiger partial charge in [-0.25, -0.2) is 0 Å². The fraction of sp³-hybridized carbons (Fsp3) is 0.625. The van der Waals surface area contributed by atoms with Crippen molar-refractivity contribution in [2.45, 2.75) is 49.8 Å². The normalized spacial score (nSPS) is 24.5. The Labute approximate surface area is 119 Å². The molecule has 0 radical (unpaired) electrons. The molecule has 1 saturated carbocycles. The number of halogens is 1. The van der Waals surface area contributed by atoms with Gasteiger partial charge in [-0.15, -0.1) is 0 Å². The van der Waals surface area contributed by atoms with Crippen molar-refractivity contribution in [2.24, 2.45) is 5.92 Å². The fourth-order valence-corrected chi connectivity index (χ4v) is 3.57. The summed E-state index contributed by atoms with van der Waals surface area (Å²) in [5.41, 5.74) is 0. The van der Waals surface area contributed by atoms with Gasteiger partial charge in [0, 0.05) is 4.83 Å². The van der Waals surface area contributed by atoms with Crippen molar-refractivity contribution in [2.75, 3.05) is 6.61 Å². The first kappa shape index (κ1) is 13.9. The number of benzene rings is 1. The second kappa shape index (κ2) is 7.83. The third-order valence-electron chi connectivity index (χ3n) is 3.80. The summed E-state index contributed by atoms with van der Waals surface area (Å²) >= 11 is 3.86. The van der Waals surface area contributed by atoms with Crippen LogP contribution in [0.3, 0.4) is 0 Å². The van der Waals surface area contributed by atoms with Crippen molar-refractivity contribution in [3.8, 4) is 5.75 Å². The lowest BCUT2D eigenvalue weighted by atomic mass is 9.95. The van der Waals surface area contributed by atoms with Crippen LogP contribution in [0.1, 0.15) is 44.9 Å². The predicted octanol–water partition coefficient (Wildman–Crippen LogP) is 5.19. The molecule has 0 aromatic heterocycles. The molecule has 0 heterocycles. The second-order valence-electron chi connectivity index (χ2n) is 5.22. The molecule has 0 spiro atoms. The molecule has 1 aliphatic carbocycles. The minimum Gasteiger partial charge on any atom is -0.494 e. The zero-order chi connectivity index (χ0) is 12.6. The summed E-state index contributed by atoms with van der Waals surface area (Å²) in [6.45, 7) is 0.847. The highest BCUT2D eigenvalue weighted by Crippen LogP contribution is 2.31. The van der Waals surface area contributed by atoms with Crippen molar-refractivity contribution in [1.82, 2.24) is 0 Å². The van der Waals surface area contributed by atoms with Gasteiger partial charge in [0.2, 0.25) is 0 Å². The summed E-state index contributed by atoms with van der Waals surface area (Å²) in [7, 11) is 0. The molecule has 2 unspecified atom stereocenters. The highest BCUT2D eigenvalue weighted by atomic mass is 79.9. The zero-order valence-electron chi connectivity index (χ0n) is 11.0. The van der Waals surface area contributed by atoms with Crippen LogP contribution in [0.15, 0.2) is 30.3 Å². The number of hydrogen-bond donors (Lipinski definition) is 0. The van der Waals surface area contributed by atoms with E-state index in [0.717, 1.165) is 23.1 Å². The zero-order valence-corrected chi connectivity index (χ0v) is 12.6. The maximum Gasteiger partial charge on any atom is 0.119 e. The lowest BCUT2D eigenvalue weighted by Gasteiger charge is -2.19. The van der Waals surface area contributed by atoms with Gasteiger partial charge in [0.05, 0.1) is 6.61 Å². The van der Waals surface area contributed by atoms with Crippen LogP contribution < -0.4 is 4.74 Å². The van der Waals surface area contributed by atoms with Crippen LogP contribution in [0.2, 0.25) is 0 Å². The van der Waals surface area contributed by atoms with E-state index < -0.39 is 0 Å². The first-order valence-electron chi connectivity index (χ1n) is 7.18. The standard InChI is InChI=1S/C16H23BrO/c17-16-12-6-1-3-8-14(16)9-7-13-18-15-10-4-2-5-11-15/h2,4-5,10-11,14,16H,1,3,6-9,12-13H2. The Kier molecular flexibility index (Phi) is 6.06. The van der Waals surface area contributed by atoms with Gasteiger partial charge in [-0.2, -0.15) is 0 Å². The molecule has 1 nitrogen and oxygen atoms in total. The average molecular weight is 311 g/mol. The molecular formula is C16H23BrO. The lowest BCUT2D eigenvalue weighted by Crippen LogP contribution is -2.14. The van der Waals surface area contributed by atoms with Crippen LogP contribution in [0.25, 0.3) is 0 Å². The molecule has 18 heavy (non-hydrogen) atoms. The number of hydrogen-bond acceptors (Lipinski definition) is 1. The van der Waals surface area contributed by atoms with E-state index in [9.17, 15) is 0 Å². The van der Waals surface area contributed by atoms with E-state index in [4.69, 9.17) is 4.74 Å². The van der Waals surface area contributed by atoms with Gasteiger partial charge >= 0.3 is 0 Å². The maximum atomic E-state index is 5.75. The Morgan fingerprint density at radius 3 is 2.67 bits per heavy atom. The van der Waals surface area contributed by atoms with Crippen molar-refractivity contribution in [1.29, 1.82) is 0 Å². The van der Waals surface area contributed by atoms with Crippen LogP contribution in [-0.2, 0) is 0 Å². The van der Waals surface area contributed by atoms with E-state index >= 15 is 0 Å². The number of ether oxygens (including phenoxy) is 1. The van der Waals surface area contributed by atoms with Crippen LogP contribution in [0, 0.1) is 5.92 Å². The number of para-hydroxylation sites is 1. The van der Waals surface area contributed by atoms with Gasteiger partial charge in [0.25, 0.3) is 0 Å². The molecule has 0 saturated heterocycles. The van der Waals surface area contributed by atoms with E-state index in [1.807, 2.05) is 30.3 Å². The number of rotatable bonds is 5. The predicted molar refractivity (Wildman–Crippen MR) is 80.5 cm³/mol. The monoisotopic (exact) mass is 310 g/mol. The van der Waals surface area contributed by atoms with Gasteiger partial charge < -0.3 is 4.74 Å². The lowest BCUT2D eigenvalue weighted by molar-refractivity contribution is 0.288. The Bertz CT molecular complexity index is 325. The Balaban J connectivity index is 1.65. The summed E-state index contributed by atoms with van der Waals surface area (Å²) < 4.78 is 5.75. The van der Waals surface area contributed by atoms with Crippen LogP contribution in [0.4, 0.5) is 0 Å². The Morgan fingerprint density at radius 1 is 1.06 bits per heavy atom. The van der Waals surface area contributed by atoms with Gasteiger partial charge in [-0.05, 0) is 43.7 Å². The molecular weight excluding hydrogens is 288 g/mol. The summed E-state index contributed by atoms with van der Waals surface area (Å²) in [6, 6.07) is 10.1. The van der Waals surface area contributed by atoms with Gasteiger partial charge in [-0.1, -0.05) is 53.4 Å².